The minimum atomic E-state index is -1.37. The summed E-state index contributed by atoms with van der Waals surface area (Å²) in [6.07, 6.45) is 5.51. The molecule has 4 saturated heterocycles. The first-order valence-corrected chi connectivity index (χ1v) is 20.7. The van der Waals surface area contributed by atoms with E-state index in [1.165, 1.54) is 0 Å². The average Bonchev–Trinajstić information content (AvgIpc) is 3.47. The van der Waals surface area contributed by atoms with Crippen molar-refractivity contribution in [2.45, 2.75) is 199 Å². The molecule has 2 spiro atoms. The van der Waals surface area contributed by atoms with E-state index in [1.54, 1.807) is 19.1 Å². The number of carbonyl (C=O) groups is 2. The topological polar surface area (TPSA) is 161 Å². The molecule has 5 rings (SSSR count). The first-order valence-electron chi connectivity index (χ1n) is 20.7. The van der Waals surface area contributed by atoms with E-state index in [1.807, 2.05) is 41.5 Å². The number of hydrogen-bond acceptors (Lipinski definition) is 10. The Morgan fingerprint density at radius 3 is 2.15 bits per heavy atom. The standard InChI is InChI=1S/C42H70O11.Na.H/c1-11-29(38(46)47)31-15-14-23(4)36(50-31)27(8)34(44)26(7)35(45)30(12-2)37-24(5)22-25(6)41(51-37)19-16-32(43)42(53-41)21-20-39(10,52-42)33-17-18-40(48,13-3)28(9)49-33;;/h16,19,23-34,36-37,43-44,48H,11-15,17-18,20-22H2,1-10H3,(H,46,47);;/t23-,24-,25+,26-,27-,28-,29+,30-,31+,32+,33+,34+,36+,37-,39-,40+,41-,42-;;/m0../s1. The van der Waals surface area contributed by atoms with Crippen molar-refractivity contribution in [3.05, 3.63) is 12.2 Å². The van der Waals surface area contributed by atoms with Crippen LogP contribution in [0.1, 0.15) is 133 Å². The second kappa shape index (κ2) is 17.8. The fourth-order valence-electron chi connectivity index (χ4n) is 10.5. The Hall–Kier alpha value is -0.440. The molecule has 0 amide bonds. The zero-order chi connectivity index (χ0) is 39.3. The number of ketones is 1. The molecule has 306 valence electrons. The van der Waals surface area contributed by atoms with Crippen LogP contribution in [0.3, 0.4) is 0 Å². The van der Waals surface area contributed by atoms with Gasteiger partial charge in [-0.3, -0.25) is 9.59 Å². The predicted octanol–water partition coefficient (Wildman–Crippen LogP) is 5.54. The van der Waals surface area contributed by atoms with E-state index >= 15 is 0 Å². The predicted molar refractivity (Wildman–Crippen MR) is 206 cm³/mol. The molecule has 0 radical (unpaired) electrons. The van der Waals surface area contributed by atoms with Crippen LogP contribution in [0, 0.1) is 41.4 Å². The number of aliphatic carboxylic acids is 1. The van der Waals surface area contributed by atoms with Crippen LogP contribution in [0.2, 0.25) is 0 Å². The molecule has 0 aromatic rings. The van der Waals surface area contributed by atoms with Crippen LogP contribution in [-0.2, 0) is 33.3 Å². The molecule has 0 saturated carbocycles. The second-order valence-corrected chi connectivity index (χ2v) is 17.9. The fourth-order valence-corrected chi connectivity index (χ4v) is 10.5. The fraction of sp³-hybridized carbons (Fsp3) is 0.905. The Morgan fingerprint density at radius 1 is 0.889 bits per heavy atom. The Bertz CT molecular complexity index is 1330. The molecule has 0 unspecified atom stereocenters. The van der Waals surface area contributed by atoms with Gasteiger partial charge in [0.15, 0.2) is 5.79 Å². The van der Waals surface area contributed by atoms with Gasteiger partial charge in [-0.25, -0.2) is 0 Å². The number of ether oxygens (including phenoxy) is 5. The van der Waals surface area contributed by atoms with Crippen LogP contribution >= 0.6 is 0 Å². The van der Waals surface area contributed by atoms with Gasteiger partial charge in [-0.05, 0) is 95.6 Å². The molecule has 4 N–H and O–H groups in total. The van der Waals surface area contributed by atoms with Gasteiger partial charge in [-0.1, -0.05) is 55.4 Å². The van der Waals surface area contributed by atoms with E-state index < -0.39 is 76.8 Å². The molecule has 5 aliphatic rings. The van der Waals surface area contributed by atoms with Gasteiger partial charge >= 0.3 is 35.5 Å². The van der Waals surface area contributed by atoms with Crippen molar-refractivity contribution >= 4 is 41.3 Å². The van der Waals surface area contributed by atoms with Crippen LogP contribution in [0.4, 0.5) is 0 Å². The number of aliphatic hydroxyl groups is 3. The maximum absolute atomic E-state index is 14.4. The monoisotopic (exact) mass is 774 g/mol. The van der Waals surface area contributed by atoms with Gasteiger partial charge in [0.25, 0.3) is 0 Å². The third-order valence-electron chi connectivity index (χ3n) is 14.4. The van der Waals surface area contributed by atoms with Gasteiger partial charge in [-0.15, -0.1) is 0 Å². The molecule has 12 heteroatoms. The summed E-state index contributed by atoms with van der Waals surface area (Å²) < 4.78 is 33.5. The Kier molecular flexibility index (Phi) is 15.3. The first-order chi connectivity index (χ1) is 24.8. The van der Waals surface area contributed by atoms with Gasteiger partial charge in [-0.2, -0.15) is 0 Å². The van der Waals surface area contributed by atoms with Gasteiger partial charge in [0.05, 0.1) is 53.7 Å². The molecular formula is C42H71NaO11. The van der Waals surface area contributed by atoms with Crippen molar-refractivity contribution in [1.29, 1.82) is 0 Å². The number of aliphatic hydroxyl groups excluding tert-OH is 2. The van der Waals surface area contributed by atoms with Crippen LogP contribution in [-0.4, -0.2) is 127 Å². The molecule has 5 heterocycles. The van der Waals surface area contributed by atoms with Crippen molar-refractivity contribution in [2.24, 2.45) is 41.4 Å². The number of hydrogen-bond donors (Lipinski definition) is 4. The summed E-state index contributed by atoms with van der Waals surface area (Å²) in [7, 11) is 0. The normalized spacial score (nSPS) is 45.3. The third kappa shape index (κ3) is 8.63. The van der Waals surface area contributed by atoms with Gasteiger partial charge < -0.3 is 44.1 Å². The van der Waals surface area contributed by atoms with Crippen molar-refractivity contribution in [3.8, 4) is 0 Å². The molecule has 5 aliphatic heterocycles. The molecule has 4 fully saturated rings. The van der Waals surface area contributed by atoms with E-state index in [4.69, 9.17) is 23.7 Å². The van der Waals surface area contributed by atoms with Crippen molar-refractivity contribution in [3.63, 3.8) is 0 Å². The van der Waals surface area contributed by atoms with E-state index in [0.29, 0.717) is 57.8 Å². The summed E-state index contributed by atoms with van der Waals surface area (Å²) in [5, 5.41) is 44.0. The SMILES string of the molecule is CC[C@@H](C(=O)[C@@H](C)[C@@H](O)[C@H](C)[C@@H]1O[C@@H]([C@@H](CC)C(=O)O)CC[C@@H]1C)[C@H]1O[C@]2(C=C[C@@H](O)[C@]3(CC[C@@](C)([C@H]4CC[C@](O)(CC)[C@H](C)O4)O3)O2)[C@H](C)C[C@@H]1C.[NaH]. The molecule has 0 aliphatic carbocycles. The zero-order valence-corrected chi connectivity index (χ0v) is 34.0. The number of rotatable bonds is 12. The summed E-state index contributed by atoms with van der Waals surface area (Å²) in [5.41, 5.74) is -1.63. The van der Waals surface area contributed by atoms with E-state index in [9.17, 15) is 30.0 Å². The van der Waals surface area contributed by atoms with Gasteiger partial charge in [0.1, 0.15) is 11.9 Å². The molecule has 0 bridgehead atoms. The summed E-state index contributed by atoms with van der Waals surface area (Å²) in [5.74, 6) is -5.78. The Balaban J connectivity index is 0.00000650. The number of carboxylic acid groups (broad SMARTS) is 1. The van der Waals surface area contributed by atoms with Crippen molar-refractivity contribution in [1.82, 2.24) is 0 Å². The second-order valence-electron chi connectivity index (χ2n) is 17.9. The molecule has 11 nitrogen and oxygen atoms in total. The Labute approximate surface area is 345 Å². The molecule has 18 atom stereocenters. The molecule has 54 heavy (non-hydrogen) atoms. The van der Waals surface area contributed by atoms with Crippen LogP contribution < -0.4 is 0 Å². The summed E-state index contributed by atoms with van der Waals surface area (Å²) in [6, 6.07) is 0. The Morgan fingerprint density at radius 2 is 1.56 bits per heavy atom. The first kappa shape index (κ1) is 46.3. The molecular weight excluding hydrogens is 703 g/mol. The summed E-state index contributed by atoms with van der Waals surface area (Å²) >= 11 is 0. The quantitative estimate of drug-likeness (QED) is 0.146. The van der Waals surface area contributed by atoms with Crippen LogP contribution in [0.25, 0.3) is 0 Å². The van der Waals surface area contributed by atoms with Crippen molar-refractivity contribution in [2.75, 3.05) is 0 Å². The molecule has 0 aromatic carbocycles. The summed E-state index contributed by atoms with van der Waals surface area (Å²) in [6.45, 7) is 19.6. The summed E-state index contributed by atoms with van der Waals surface area (Å²) in [4.78, 5) is 26.4. The number of Topliss-reactive ketones (excluding diaryl/α,β-unsaturated/α-hetero) is 1. The third-order valence-corrected chi connectivity index (χ3v) is 14.4. The minimum absolute atomic E-state index is 0. The maximum atomic E-state index is 14.4. The van der Waals surface area contributed by atoms with Crippen molar-refractivity contribution < 1.29 is 53.7 Å². The zero-order valence-electron chi connectivity index (χ0n) is 34.0. The van der Waals surface area contributed by atoms with E-state index in [0.717, 1.165) is 6.42 Å². The van der Waals surface area contributed by atoms with E-state index in [-0.39, 0.29) is 71.4 Å². The average molecular weight is 775 g/mol. The van der Waals surface area contributed by atoms with E-state index in [2.05, 4.69) is 20.8 Å². The van der Waals surface area contributed by atoms with Crippen LogP contribution in [0.15, 0.2) is 12.2 Å². The van der Waals surface area contributed by atoms with Gasteiger partial charge in [0.2, 0.25) is 5.79 Å². The number of carboxylic acids is 1. The number of carbonyl (C=O) groups excluding carboxylic acids is 1. The van der Waals surface area contributed by atoms with Gasteiger partial charge in [0, 0.05) is 30.1 Å². The molecule has 0 aromatic heterocycles. The van der Waals surface area contributed by atoms with Crippen LogP contribution in [0.5, 0.6) is 0 Å².